The van der Waals surface area contributed by atoms with Crippen molar-refractivity contribution in [3.8, 4) is 5.82 Å². The summed E-state index contributed by atoms with van der Waals surface area (Å²) >= 11 is 3.40. The Morgan fingerprint density at radius 1 is 1.14 bits per heavy atom. The van der Waals surface area contributed by atoms with Gasteiger partial charge in [-0.05, 0) is 66.4 Å². The van der Waals surface area contributed by atoms with Crippen molar-refractivity contribution in [3.63, 3.8) is 0 Å². The predicted octanol–water partition coefficient (Wildman–Crippen LogP) is 5.33. The number of benzene rings is 1. The van der Waals surface area contributed by atoms with Crippen molar-refractivity contribution >= 4 is 43.9 Å². The molecule has 1 unspecified atom stereocenters. The fraction of sp³-hybridized carbons (Fsp3) is 0.292. The Balaban J connectivity index is 1.42. The van der Waals surface area contributed by atoms with E-state index in [0.717, 1.165) is 25.9 Å². The molecule has 1 aliphatic rings. The van der Waals surface area contributed by atoms with Gasteiger partial charge in [-0.3, -0.25) is 9.13 Å². The summed E-state index contributed by atoms with van der Waals surface area (Å²) in [6.45, 7) is 2.71. The molecule has 1 N–H and O–H groups in total. The van der Waals surface area contributed by atoms with Crippen LogP contribution in [0.5, 0.6) is 0 Å². The SMILES string of the molecule is C[C@H](Nc1ncnc2c1ncn2C1CCCCO1)c1nc2ccc(F)c(Br)c2n1-c1ccccn1. The molecular formula is C24H22BrFN8O. The molecule has 178 valence electrons. The summed E-state index contributed by atoms with van der Waals surface area (Å²) in [7, 11) is 0. The quantitative estimate of drug-likeness (QED) is 0.324. The summed E-state index contributed by atoms with van der Waals surface area (Å²) < 4.78 is 24.6. The average molecular weight is 537 g/mol. The second-order valence-electron chi connectivity index (χ2n) is 8.46. The molecule has 1 saturated heterocycles. The molecule has 2 atom stereocenters. The molecule has 1 aliphatic heterocycles. The van der Waals surface area contributed by atoms with Gasteiger partial charge < -0.3 is 10.1 Å². The molecule has 35 heavy (non-hydrogen) atoms. The Labute approximate surface area is 208 Å². The number of ether oxygens (including phenoxy) is 1. The second-order valence-corrected chi connectivity index (χ2v) is 9.25. The fourth-order valence-electron chi connectivity index (χ4n) is 4.51. The summed E-state index contributed by atoms with van der Waals surface area (Å²) in [4.78, 5) is 22.8. The Bertz CT molecular complexity index is 1510. The normalized spacial score (nSPS) is 17.2. The first kappa shape index (κ1) is 22.1. The molecule has 6 rings (SSSR count). The highest BCUT2D eigenvalue weighted by molar-refractivity contribution is 9.10. The number of rotatable bonds is 5. The van der Waals surface area contributed by atoms with Crippen molar-refractivity contribution in [3.05, 3.63) is 65.3 Å². The van der Waals surface area contributed by atoms with Gasteiger partial charge >= 0.3 is 0 Å². The number of nitrogens with zero attached hydrogens (tertiary/aromatic N) is 7. The largest absolute Gasteiger partial charge is 0.358 e. The van der Waals surface area contributed by atoms with Gasteiger partial charge in [0.05, 0.1) is 27.9 Å². The highest BCUT2D eigenvalue weighted by Crippen LogP contribution is 2.33. The number of imidazole rings is 2. The van der Waals surface area contributed by atoms with E-state index in [1.54, 1.807) is 18.6 Å². The van der Waals surface area contributed by atoms with Gasteiger partial charge in [-0.2, -0.15) is 0 Å². The van der Waals surface area contributed by atoms with Crippen LogP contribution < -0.4 is 5.32 Å². The predicted molar refractivity (Wildman–Crippen MR) is 133 cm³/mol. The van der Waals surface area contributed by atoms with Gasteiger partial charge in [0.1, 0.15) is 30.0 Å². The number of aromatic nitrogens is 7. The lowest BCUT2D eigenvalue weighted by Crippen LogP contribution is -2.18. The van der Waals surface area contributed by atoms with E-state index < -0.39 is 0 Å². The minimum atomic E-state index is -0.366. The summed E-state index contributed by atoms with van der Waals surface area (Å²) in [6.07, 6.45) is 8.00. The molecule has 0 radical (unpaired) electrons. The van der Waals surface area contributed by atoms with Crippen molar-refractivity contribution in [2.24, 2.45) is 0 Å². The summed E-state index contributed by atoms with van der Waals surface area (Å²) in [5.74, 6) is 1.51. The van der Waals surface area contributed by atoms with Gasteiger partial charge in [0.25, 0.3) is 0 Å². The van der Waals surface area contributed by atoms with Crippen LogP contribution in [0.3, 0.4) is 0 Å². The summed E-state index contributed by atoms with van der Waals surface area (Å²) in [5, 5.41) is 3.43. The Morgan fingerprint density at radius 2 is 2.06 bits per heavy atom. The number of nitrogens with one attached hydrogen (secondary N) is 1. The lowest BCUT2D eigenvalue weighted by molar-refractivity contribution is -0.0298. The molecule has 5 aromatic rings. The van der Waals surface area contributed by atoms with E-state index in [-0.39, 0.29) is 18.1 Å². The van der Waals surface area contributed by atoms with Crippen molar-refractivity contribution in [1.29, 1.82) is 0 Å². The van der Waals surface area contributed by atoms with Crippen LogP contribution in [-0.4, -0.2) is 40.7 Å². The molecule has 9 nitrogen and oxygen atoms in total. The summed E-state index contributed by atoms with van der Waals surface area (Å²) in [6, 6.07) is 8.34. The molecule has 0 aliphatic carbocycles. The standard InChI is InChI=1S/C24H22BrFN8O/c1-14(31-22-20-24(29-12-28-22)33(13-30-20)18-7-3-5-11-35-18)23-32-16-9-8-15(26)19(25)21(16)34(23)17-6-2-4-10-27-17/h2,4,6,8-10,12-14,18H,3,5,7,11H2,1H3,(H,28,29,31)/t14-,18?/m0/s1. The lowest BCUT2D eigenvalue weighted by atomic mass is 10.2. The van der Waals surface area contributed by atoms with Gasteiger partial charge in [0, 0.05) is 12.8 Å². The fourth-order valence-corrected chi connectivity index (χ4v) is 5.02. The van der Waals surface area contributed by atoms with Gasteiger partial charge in [0.15, 0.2) is 17.0 Å². The maximum atomic E-state index is 14.5. The molecule has 4 aromatic heterocycles. The number of fused-ring (bicyclic) bond motifs is 2. The number of hydrogen-bond donors (Lipinski definition) is 1. The first-order valence-corrected chi connectivity index (χ1v) is 12.2. The third-order valence-electron chi connectivity index (χ3n) is 6.18. The Hall–Kier alpha value is -3.44. The minimum Gasteiger partial charge on any atom is -0.358 e. The van der Waals surface area contributed by atoms with Crippen LogP contribution in [0.2, 0.25) is 0 Å². The third kappa shape index (κ3) is 3.84. The van der Waals surface area contributed by atoms with E-state index in [0.29, 0.717) is 44.1 Å². The van der Waals surface area contributed by atoms with E-state index in [4.69, 9.17) is 9.72 Å². The molecule has 0 saturated carbocycles. The van der Waals surface area contributed by atoms with E-state index in [9.17, 15) is 4.39 Å². The average Bonchev–Trinajstić information content (AvgIpc) is 3.50. The smallest absolute Gasteiger partial charge is 0.167 e. The van der Waals surface area contributed by atoms with Crippen molar-refractivity contribution in [2.45, 2.75) is 38.5 Å². The maximum absolute atomic E-state index is 14.5. The van der Waals surface area contributed by atoms with Crippen LogP contribution in [0.25, 0.3) is 28.0 Å². The van der Waals surface area contributed by atoms with Crippen LogP contribution in [0.4, 0.5) is 10.2 Å². The molecular weight excluding hydrogens is 515 g/mol. The van der Waals surface area contributed by atoms with Crippen molar-refractivity contribution in [1.82, 2.24) is 34.1 Å². The van der Waals surface area contributed by atoms with E-state index in [1.165, 1.54) is 12.4 Å². The highest BCUT2D eigenvalue weighted by Gasteiger charge is 2.24. The van der Waals surface area contributed by atoms with Crippen molar-refractivity contribution in [2.75, 3.05) is 11.9 Å². The topological polar surface area (TPSA) is 95.6 Å². The zero-order valence-corrected chi connectivity index (χ0v) is 20.5. The van der Waals surface area contributed by atoms with Crippen LogP contribution >= 0.6 is 15.9 Å². The van der Waals surface area contributed by atoms with Crippen LogP contribution in [0, 0.1) is 5.82 Å². The van der Waals surface area contributed by atoms with Crippen LogP contribution in [-0.2, 0) is 4.74 Å². The van der Waals surface area contributed by atoms with Gasteiger partial charge in [-0.1, -0.05) is 6.07 Å². The minimum absolute atomic E-state index is 0.0745. The van der Waals surface area contributed by atoms with Gasteiger partial charge in [-0.15, -0.1) is 0 Å². The van der Waals surface area contributed by atoms with Crippen LogP contribution in [0.1, 0.15) is 44.3 Å². The molecule has 0 spiro atoms. The number of halogens is 2. The first-order valence-electron chi connectivity index (χ1n) is 11.4. The number of anilines is 1. The van der Waals surface area contributed by atoms with E-state index in [1.807, 2.05) is 34.3 Å². The zero-order valence-electron chi connectivity index (χ0n) is 18.9. The molecule has 0 amide bonds. The maximum Gasteiger partial charge on any atom is 0.167 e. The summed E-state index contributed by atoms with van der Waals surface area (Å²) in [5.41, 5.74) is 2.63. The molecule has 5 heterocycles. The van der Waals surface area contributed by atoms with Gasteiger partial charge in [-0.25, -0.2) is 29.3 Å². The molecule has 11 heteroatoms. The number of hydrogen-bond acceptors (Lipinski definition) is 7. The third-order valence-corrected chi connectivity index (χ3v) is 6.93. The number of pyridine rings is 1. The lowest BCUT2D eigenvalue weighted by Gasteiger charge is -2.23. The monoisotopic (exact) mass is 536 g/mol. The highest BCUT2D eigenvalue weighted by atomic mass is 79.9. The van der Waals surface area contributed by atoms with Crippen molar-refractivity contribution < 1.29 is 9.13 Å². The first-order chi connectivity index (χ1) is 17.1. The Morgan fingerprint density at radius 3 is 2.86 bits per heavy atom. The Kier molecular flexibility index (Phi) is 5.65. The van der Waals surface area contributed by atoms with Crippen LogP contribution in [0.15, 0.2) is 53.7 Å². The zero-order chi connectivity index (χ0) is 23.9. The van der Waals surface area contributed by atoms with E-state index in [2.05, 4.69) is 41.2 Å². The molecule has 1 fully saturated rings. The second kappa shape index (κ2) is 8.97. The molecule has 1 aromatic carbocycles. The van der Waals surface area contributed by atoms with Gasteiger partial charge in [0.2, 0.25) is 0 Å². The van der Waals surface area contributed by atoms with E-state index >= 15 is 0 Å². The molecule has 0 bridgehead atoms.